The molecule has 0 aliphatic rings. The van der Waals surface area contributed by atoms with E-state index >= 15 is 0 Å². The molecule has 0 amide bonds. The summed E-state index contributed by atoms with van der Waals surface area (Å²) in [6.07, 6.45) is -1.80. The van der Waals surface area contributed by atoms with Crippen LogP contribution in [0.3, 0.4) is 0 Å². The fourth-order valence-corrected chi connectivity index (χ4v) is 2.39. The number of hydrogen-bond donors (Lipinski definition) is 3. The van der Waals surface area contributed by atoms with Gasteiger partial charge in [-0.1, -0.05) is 6.07 Å². The van der Waals surface area contributed by atoms with Gasteiger partial charge in [-0.15, -0.1) is 0 Å². The molecule has 1 aromatic rings. The third-order valence-electron chi connectivity index (χ3n) is 2.35. The molecule has 0 aromatic heterocycles. The second-order valence-electron chi connectivity index (χ2n) is 3.72. The van der Waals surface area contributed by atoms with Crippen LogP contribution in [0.1, 0.15) is 6.42 Å². The Morgan fingerprint density at radius 2 is 2.16 bits per heavy atom. The SMILES string of the molecule is COc1cccc(S(=O)(=O)NCC[C@H](O)C(=O)O)c1. The van der Waals surface area contributed by atoms with E-state index in [1.165, 1.54) is 25.3 Å². The molecule has 7 nitrogen and oxygen atoms in total. The molecule has 0 unspecified atom stereocenters. The summed E-state index contributed by atoms with van der Waals surface area (Å²) in [4.78, 5) is 10.4. The Hall–Kier alpha value is -1.64. The molecule has 3 N–H and O–H groups in total. The molecule has 8 heteroatoms. The highest BCUT2D eigenvalue weighted by Gasteiger charge is 2.17. The molecule has 0 bridgehead atoms. The summed E-state index contributed by atoms with van der Waals surface area (Å²) in [6, 6.07) is 5.86. The van der Waals surface area contributed by atoms with Crippen LogP contribution in [0.25, 0.3) is 0 Å². The number of aliphatic hydroxyl groups is 1. The first-order chi connectivity index (χ1) is 8.86. The smallest absolute Gasteiger partial charge is 0.332 e. The van der Waals surface area contributed by atoms with Crippen LogP contribution in [0, 0.1) is 0 Å². The van der Waals surface area contributed by atoms with Gasteiger partial charge >= 0.3 is 5.97 Å². The Bertz CT molecular complexity index is 542. The first-order valence-corrected chi connectivity index (χ1v) is 6.89. The molecule has 0 spiro atoms. The molecule has 19 heavy (non-hydrogen) atoms. The van der Waals surface area contributed by atoms with Gasteiger partial charge in [0.25, 0.3) is 0 Å². The number of carboxylic acids is 1. The number of sulfonamides is 1. The number of carbonyl (C=O) groups is 1. The molecule has 0 aliphatic heterocycles. The number of methoxy groups -OCH3 is 1. The molecule has 0 heterocycles. The number of nitrogens with one attached hydrogen (secondary N) is 1. The number of ether oxygens (including phenoxy) is 1. The number of aliphatic carboxylic acids is 1. The minimum absolute atomic E-state index is 0.0108. The third kappa shape index (κ3) is 4.51. The lowest BCUT2D eigenvalue weighted by molar-refractivity contribution is -0.146. The molecular weight excluding hydrogens is 274 g/mol. The maximum atomic E-state index is 11.9. The lowest BCUT2D eigenvalue weighted by Gasteiger charge is -2.09. The van der Waals surface area contributed by atoms with Crippen LogP contribution in [-0.2, 0) is 14.8 Å². The topological polar surface area (TPSA) is 113 Å². The predicted molar refractivity (Wildman–Crippen MR) is 66.4 cm³/mol. The van der Waals surface area contributed by atoms with Gasteiger partial charge in [0.05, 0.1) is 12.0 Å². The Balaban J connectivity index is 2.68. The van der Waals surface area contributed by atoms with Crippen molar-refractivity contribution >= 4 is 16.0 Å². The molecule has 1 aromatic carbocycles. The van der Waals surface area contributed by atoms with Crippen molar-refractivity contribution in [3.05, 3.63) is 24.3 Å². The fraction of sp³-hybridized carbons (Fsp3) is 0.364. The van der Waals surface area contributed by atoms with Gasteiger partial charge in [-0.25, -0.2) is 17.9 Å². The summed E-state index contributed by atoms with van der Waals surface area (Å²) < 4.78 is 30.8. The van der Waals surface area contributed by atoms with Gasteiger partial charge in [0.1, 0.15) is 5.75 Å². The van der Waals surface area contributed by atoms with Crippen molar-refractivity contribution in [3.63, 3.8) is 0 Å². The van der Waals surface area contributed by atoms with Crippen molar-refractivity contribution in [2.45, 2.75) is 17.4 Å². The van der Waals surface area contributed by atoms with E-state index in [2.05, 4.69) is 4.72 Å². The lowest BCUT2D eigenvalue weighted by atomic mass is 10.3. The second kappa shape index (κ2) is 6.50. The first-order valence-electron chi connectivity index (χ1n) is 5.41. The highest BCUT2D eigenvalue weighted by molar-refractivity contribution is 7.89. The Morgan fingerprint density at radius 3 is 2.74 bits per heavy atom. The van der Waals surface area contributed by atoms with Crippen molar-refractivity contribution in [1.29, 1.82) is 0 Å². The van der Waals surface area contributed by atoms with Crippen molar-refractivity contribution in [3.8, 4) is 5.75 Å². The summed E-state index contributed by atoms with van der Waals surface area (Å²) in [5.41, 5.74) is 0. The van der Waals surface area contributed by atoms with Crippen molar-refractivity contribution in [2.24, 2.45) is 0 Å². The summed E-state index contributed by atoms with van der Waals surface area (Å²) in [7, 11) is -2.33. The van der Waals surface area contributed by atoms with Crippen molar-refractivity contribution in [1.82, 2.24) is 4.72 Å². The van der Waals surface area contributed by atoms with E-state index in [0.717, 1.165) is 0 Å². The van der Waals surface area contributed by atoms with Crippen LogP contribution in [0.5, 0.6) is 5.75 Å². The Labute approximate surface area is 110 Å². The largest absolute Gasteiger partial charge is 0.497 e. The van der Waals surface area contributed by atoms with Crippen LogP contribution in [0.4, 0.5) is 0 Å². The van der Waals surface area contributed by atoms with Crippen molar-refractivity contribution in [2.75, 3.05) is 13.7 Å². The number of aliphatic hydroxyl groups excluding tert-OH is 1. The zero-order chi connectivity index (χ0) is 14.5. The molecule has 1 atom stereocenters. The van der Waals surface area contributed by atoms with Gasteiger partial charge in [0, 0.05) is 12.6 Å². The Kier molecular flexibility index (Phi) is 5.28. The minimum atomic E-state index is -3.75. The quantitative estimate of drug-likeness (QED) is 0.641. The van der Waals surface area contributed by atoms with Crippen LogP contribution >= 0.6 is 0 Å². The van der Waals surface area contributed by atoms with E-state index in [-0.39, 0.29) is 17.9 Å². The number of benzene rings is 1. The van der Waals surface area contributed by atoms with Gasteiger partial charge < -0.3 is 14.9 Å². The molecule has 0 saturated carbocycles. The lowest BCUT2D eigenvalue weighted by Crippen LogP contribution is -2.30. The van der Waals surface area contributed by atoms with Gasteiger partial charge in [-0.05, 0) is 18.6 Å². The molecule has 0 saturated heterocycles. The van der Waals surface area contributed by atoms with Gasteiger partial charge in [0.15, 0.2) is 6.10 Å². The van der Waals surface area contributed by atoms with E-state index in [4.69, 9.17) is 14.9 Å². The maximum absolute atomic E-state index is 11.9. The number of rotatable bonds is 7. The summed E-state index contributed by atoms with van der Waals surface area (Å²) >= 11 is 0. The summed E-state index contributed by atoms with van der Waals surface area (Å²) in [5, 5.41) is 17.5. The number of hydrogen-bond acceptors (Lipinski definition) is 5. The Morgan fingerprint density at radius 1 is 1.47 bits per heavy atom. The fourth-order valence-electron chi connectivity index (χ4n) is 1.31. The number of carboxylic acid groups (broad SMARTS) is 1. The molecular formula is C11H15NO6S. The van der Waals surface area contributed by atoms with Crippen LogP contribution in [-0.4, -0.2) is 44.4 Å². The summed E-state index contributed by atoms with van der Waals surface area (Å²) in [5.74, 6) is -0.992. The normalized spacial score (nSPS) is 12.9. The van der Waals surface area contributed by atoms with E-state index in [1.54, 1.807) is 6.07 Å². The van der Waals surface area contributed by atoms with Gasteiger partial charge in [-0.3, -0.25) is 0 Å². The van der Waals surface area contributed by atoms with Gasteiger partial charge in [0.2, 0.25) is 10.0 Å². The zero-order valence-electron chi connectivity index (χ0n) is 10.2. The first kappa shape index (κ1) is 15.4. The third-order valence-corrected chi connectivity index (χ3v) is 3.81. The van der Waals surface area contributed by atoms with E-state index in [1.807, 2.05) is 0 Å². The predicted octanol–water partition coefficient (Wildman–Crippen LogP) is -0.191. The maximum Gasteiger partial charge on any atom is 0.332 e. The van der Waals surface area contributed by atoms with Crippen LogP contribution < -0.4 is 9.46 Å². The highest BCUT2D eigenvalue weighted by atomic mass is 32.2. The monoisotopic (exact) mass is 289 g/mol. The average Bonchev–Trinajstić information content (AvgIpc) is 2.38. The minimum Gasteiger partial charge on any atom is -0.497 e. The highest BCUT2D eigenvalue weighted by Crippen LogP contribution is 2.16. The summed E-state index contributed by atoms with van der Waals surface area (Å²) in [6.45, 7) is -0.174. The molecule has 0 fully saturated rings. The van der Waals surface area contributed by atoms with E-state index in [9.17, 15) is 13.2 Å². The molecule has 0 radical (unpaired) electrons. The molecule has 0 aliphatic carbocycles. The van der Waals surface area contributed by atoms with Crippen LogP contribution in [0.15, 0.2) is 29.2 Å². The van der Waals surface area contributed by atoms with Gasteiger partial charge in [-0.2, -0.15) is 0 Å². The molecule has 1 rings (SSSR count). The standard InChI is InChI=1S/C11H15NO6S/c1-18-8-3-2-4-9(7-8)19(16,17)12-6-5-10(13)11(14)15/h2-4,7,10,12-13H,5-6H2,1H3,(H,14,15)/t10-/m0/s1. The van der Waals surface area contributed by atoms with Crippen LogP contribution in [0.2, 0.25) is 0 Å². The molecule has 106 valence electrons. The zero-order valence-corrected chi connectivity index (χ0v) is 11.1. The second-order valence-corrected chi connectivity index (χ2v) is 5.49. The van der Waals surface area contributed by atoms with E-state index < -0.39 is 22.1 Å². The van der Waals surface area contributed by atoms with E-state index in [0.29, 0.717) is 5.75 Å². The van der Waals surface area contributed by atoms with Crippen molar-refractivity contribution < 1.29 is 28.2 Å². The average molecular weight is 289 g/mol.